The molecule has 1 aliphatic carbocycles. The number of ether oxygens (including phenoxy) is 2. The van der Waals surface area contributed by atoms with Gasteiger partial charge in [0.05, 0.1) is 19.3 Å². The number of halogens is 1. The molecule has 0 bridgehead atoms. The summed E-state index contributed by atoms with van der Waals surface area (Å²) in [7, 11) is 0. The molecule has 2 unspecified atom stereocenters. The van der Waals surface area contributed by atoms with Crippen molar-refractivity contribution in [3.63, 3.8) is 0 Å². The lowest BCUT2D eigenvalue weighted by Gasteiger charge is -2.36. The number of esters is 2. The lowest BCUT2D eigenvalue weighted by molar-refractivity contribution is -0.153. The van der Waals surface area contributed by atoms with E-state index in [0.717, 1.165) is 5.56 Å². The predicted octanol–water partition coefficient (Wildman–Crippen LogP) is 3.78. The lowest BCUT2D eigenvalue weighted by atomic mass is 9.64. The average molecular weight is 362 g/mol. The minimum absolute atomic E-state index is 0.0333. The van der Waals surface area contributed by atoms with Crippen LogP contribution in [0.4, 0.5) is 0 Å². The quantitative estimate of drug-likeness (QED) is 0.746. The van der Waals surface area contributed by atoms with E-state index < -0.39 is 23.3 Å². The Morgan fingerprint density at radius 1 is 1.24 bits per heavy atom. The first-order valence-corrected chi connectivity index (χ1v) is 8.56. The maximum Gasteiger partial charge on any atom is 0.333 e. The van der Waals surface area contributed by atoms with Crippen molar-refractivity contribution in [2.45, 2.75) is 32.6 Å². The van der Waals surface area contributed by atoms with Crippen molar-refractivity contribution in [2.75, 3.05) is 13.2 Å². The Morgan fingerprint density at radius 3 is 2.44 bits per heavy atom. The second kappa shape index (κ2) is 8.17. The molecule has 0 radical (unpaired) electrons. The number of nitriles is 1. The summed E-state index contributed by atoms with van der Waals surface area (Å²) in [5.41, 5.74) is -0.333. The summed E-state index contributed by atoms with van der Waals surface area (Å²) in [4.78, 5) is 24.8. The van der Waals surface area contributed by atoms with Crippen molar-refractivity contribution in [1.82, 2.24) is 0 Å². The van der Waals surface area contributed by atoms with Crippen LogP contribution in [0, 0.1) is 16.7 Å². The molecule has 1 aromatic rings. The van der Waals surface area contributed by atoms with Crippen LogP contribution >= 0.6 is 11.6 Å². The van der Waals surface area contributed by atoms with Gasteiger partial charge in [-0.1, -0.05) is 29.8 Å². The number of allylic oxidation sites excluding steroid dienone is 1. The largest absolute Gasteiger partial charge is 0.465 e. The van der Waals surface area contributed by atoms with Gasteiger partial charge in [0.15, 0.2) is 5.41 Å². The molecular weight excluding hydrogens is 342 g/mol. The highest BCUT2D eigenvalue weighted by Gasteiger charge is 2.51. The van der Waals surface area contributed by atoms with Crippen molar-refractivity contribution in [3.8, 4) is 6.07 Å². The molecule has 0 aliphatic heterocycles. The summed E-state index contributed by atoms with van der Waals surface area (Å²) in [5.74, 6) is -1.54. The number of nitrogens with zero attached hydrogens (tertiary/aromatic N) is 1. The van der Waals surface area contributed by atoms with Crippen LogP contribution < -0.4 is 0 Å². The molecule has 1 aromatic carbocycles. The minimum Gasteiger partial charge on any atom is -0.465 e. The molecule has 0 N–H and O–H groups in total. The van der Waals surface area contributed by atoms with Gasteiger partial charge in [-0.05, 0) is 38.0 Å². The summed E-state index contributed by atoms with van der Waals surface area (Å²) in [6.07, 6.45) is 2.07. The van der Waals surface area contributed by atoms with Crippen molar-refractivity contribution in [3.05, 3.63) is 46.5 Å². The van der Waals surface area contributed by atoms with E-state index in [1.165, 1.54) is 0 Å². The van der Waals surface area contributed by atoms with E-state index in [4.69, 9.17) is 21.1 Å². The molecule has 1 aliphatic rings. The Hall–Kier alpha value is -2.32. The van der Waals surface area contributed by atoms with Gasteiger partial charge in [0.1, 0.15) is 0 Å². The van der Waals surface area contributed by atoms with Gasteiger partial charge in [0, 0.05) is 22.9 Å². The third kappa shape index (κ3) is 3.85. The van der Waals surface area contributed by atoms with E-state index in [2.05, 4.69) is 6.07 Å². The Labute approximate surface area is 152 Å². The van der Waals surface area contributed by atoms with E-state index in [0.29, 0.717) is 17.0 Å². The van der Waals surface area contributed by atoms with Gasteiger partial charge in [-0.25, -0.2) is 4.79 Å². The van der Waals surface area contributed by atoms with Crippen LogP contribution in [0.5, 0.6) is 0 Å². The molecule has 0 saturated carbocycles. The molecule has 132 valence electrons. The summed E-state index contributed by atoms with van der Waals surface area (Å²) >= 11 is 5.94. The zero-order chi connectivity index (χ0) is 18.4. The Balaban J connectivity index is 2.48. The molecule has 0 spiro atoms. The first-order chi connectivity index (χ1) is 12.0. The summed E-state index contributed by atoms with van der Waals surface area (Å²) < 4.78 is 10.2. The first-order valence-electron chi connectivity index (χ1n) is 8.18. The van der Waals surface area contributed by atoms with Gasteiger partial charge < -0.3 is 9.47 Å². The van der Waals surface area contributed by atoms with Crippen LogP contribution in [0.3, 0.4) is 0 Å². The van der Waals surface area contributed by atoms with Crippen LogP contribution in [0.25, 0.3) is 0 Å². The smallest absolute Gasteiger partial charge is 0.333 e. The van der Waals surface area contributed by atoms with Gasteiger partial charge in [0.2, 0.25) is 0 Å². The molecule has 0 saturated heterocycles. The second-order valence-corrected chi connectivity index (χ2v) is 6.21. The van der Waals surface area contributed by atoms with E-state index in [9.17, 15) is 14.9 Å². The zero-order valence-corrected chi connectivity index (χ0v) is 15.0. The highest BCUT2D eigenvalue weighted by atomic mass is 35.5. The SMILES string of the molecule is CCOC(=O)C1=CCC(c2ccc(Cl)cc2)C(C#N)(C(=O)OCC)C1. The van der Waals surface area contributed by atoms with Crippen LogP contribution in [-0.4, -0.2) is 25.2 Å². The van der Waals surface area contributed by atoms with Crippen molar-refractivity contribution < 1.29 is 19.1 Å². The zero-order valence-electron chi connectivity index (χ0n) is 14.3. The minimum atomic E-state index is -1.47. The highest BCUT2D eigenvalue weighted by Crippen LogP contribution is 2.48. The Morgan fingerprint density at radius 2 is 1.88 bits per heavy atom. The normalized spacial score (nSPS) is 22.5. The molecular formula is C19H20ClNO4. The van der Waals surface area contributed by atoms with Crippen molar-refractivity contribution >= 4 is 23.5 Å². The summed E-state index contributed by atoms with van der Waals surface area (Å²) in [6.45, 7) is 3.79. The molecule has 2 rings (SSSR count). The average Bonchev–Trinajstić information content (AvgIpc) is 2.62. The van der Waals surface area contributed by atoms with Crippen molar-refractivity contribution in [1.29, 1.82) is 5.26 Å². The maximum atomic E-state index is 12.7. The second-order valence-electron chi connectivity index (χ2n) is 5.77. The first kappa shape index (κ1) is 19.0. The number of benzene rings is 1. The standard InChI is InChI=1S/C19H20ClNO4/c1-3-24-17(22)14-7-10-16(13-5-8-15(20)9-6-13)19(11-14,12-21)18(23)25-4-2/h5-9,16H,3-4,10-11H2,1-2H3. The van der Waals surface area contributed by atoms with E-state index in [1.807, 2.05) is 0 Å². The van der Waals surface area contributed by atoms with Gasteiger partial charge in [-0.3, -0.25) is 4.79 Å². The molecule has 6 heteroatoms. The molecule has 0 fully saturated rings. The van der Waals surface area contributed by atoms with Crippen LogP contribution in [-0.2, 0) is 19.1 Å². The van der Waals surface area contributed by atoms with Crippen LogP contribution in [0.15, 0.2) is 35.9 Å². The third-order valence-electron chi connectivity index (χ3n) is 4.31. The fourth-order valence-electron chi connectivity index (χ4n) is 3.09. The number of hydrogen-bond donors (Lipinski definition) is 0. The number of carbonyl (C=O) groups excluding carboxylic acids is 2. The number of carbonyl (C=O) groups is 2. The Kier molecular flexibility index (Phi) is 6.22. The van der Waals surface area contributed by atoms with E-state index in [1.54, 1.807) is 44.2 Å². The van der Waals surface area contributed by atoms with Gasteiger partial charge in [-0.2, -0.15) is 5.26 Å². The van der Waals surface area contributed by atoms with Crippen LogP contribution in [0.2, 0.25) is 5.02 Å². The maximum absolute atomic E-state index is 12.7. The fraction of sp³-hybridized carbons (Fsp3) is 0.421. The topological polar surface area (TPSA) is 76.4 Å². The van der Waals surface area contributed by atoms with Gasteiger partial charge in [0.25, 0.3) is 0 Å². The van der Waals surface area contributed by atoms with Gasteiger partial charge >= 0.3 is 11.9 Å². The molecule has 25 heavy (non-hydrogen) atoms. The van der Waals surface area contributed by atoms with Crippen LogP contribution in [0.1, 0.15) is 38.2 Å². The summed E-state index contributed by atoms with van der Waals surface area (Å²) in [6, 6.07) is 9.16. The predicted molar refractivity (Wildman–Crippen MR) is 92.8 cm³/mol. The molecule has 0 heterocycles. The molecule has 0 amide bonds. The van der Waals surface area contributed by atoms with Crippen molar-refractivity contribution in [2.24, 2.45) is 5.41 Å². The van der Waals surface area contributed by atoms with Gasteiger partial charge in [-0.15, -0.1) is 0 Å². The Bertz CT molecular complexity index is 720. The van der Waals surface area contributed by atoms with E-state index in [-0.39, 0.29) is 19.6 Å². The molecule has 0 aromatic heterocycles. The number of rotatable bonds is 5. The third-order valence-corrected chi connectivity index (χ3v) is 4.57. The summed E-state index contributed by atoms with van der Waals surface area (Å²) in [5, 5.41) is 10.5. The highest BCUT2D eigenvalue weighted by molar-refractivity contribution is 6.30. The number of hydrogen-bond acceptors (Lipinski definition) is 5. The molecule has 2 atom stereocenters. The monoisotopic (exact) mass is 361 g/mol. The molecule has 5 nitrogen and oxygen atoms in total. The lowest BCUT2D eigenvalue weighted by Crippen LogP contribution is -2.41. The fourth-order valence-corrected chi connectivity index (χ4v) is 3.22. The van der Waals surface area contributed by atoms with E-state index >= 15 is 0 Å².